The number of hydrogen-bond donors (Lipinski definition) is 2. The summed E-state index contributed by atoms with van der Waals surface area (Å²) in [6, 6.07) is 43.5. The van der Waals surface area contributed by atoms with Gasteiger partial charge in [0.2, 0.25) is 0 Å². The van der Waals surface area contributed by atoms with Gasteiger partial charge in [-0.25, -0.2) is 0 Å². The third kappa shape index (κ3) is 5.99. The second-order valence-corrected chi connectivity index (χ2v) is 11.2. The smallest absolute Gasteiger partial charge is 0.121 e. The van der Waals surface area contributed by atoms with E-state index >= 15 is 0 Å². The molecular formula is C38H40N2O. The lowest BCUT2D eigenvalue weighted by atomic mass is 9.74. The van der Waals surface area contributed by atoms with E-state index in [-0.39, 0.29) is 0 Å². The van der Waals surface area contributed by atoms with Gasteiger partial charge in [0.25, 0.3) is 0 Å². The van der Waals surface area contributed by atoms with E-state index in [1.54, 1.807) is 0 Å². The maximum atomic E-state index is 8.07. The van der Waals surface area contributed by atoms with E-state index in [0.29, 0.717) is 0 Å². The molecule has 0 amide bonds. The van der Waals surface area contributed by atoms with Crippen LogP contribution in [0.4, 0.5) is 0 Å². The summed E-state index contributed by atoms with van der Waals surface area (Å²) >= 11 is 0. The third-order valence-corrected chi connectivity index (χ3v) is 8.51. The van der Waals surface area contributed by atoms with E-state index in [9.17, 15) is 0 Å². The first kappa shape index (κ1) is 27.4. The summed E-state index contributed by atoms with van der Waals surface area (Å²) in [6.07, 6.45) is 8.33. The van der Waals surface area contributed by atoms with Crippen molar-refractivity contribution >= 4 is 0 Å². The monoisotopic (exact) mass is 540 g/mol. The molecule has 6 rings (SSSR count). The molecule has 0 aromatic heterocycles. The van der Waals surface area contributed by atoms with Gasteiger partial charge < -0.3 is 15.4 Å². The molecule has 2 aliphatic rings. The van der Waals surface area contributed by atoms with Gasteiger partial charge in [0.1, 0.15) is 11.2 Å². The van der Waals surface area contributed by atoms with Crippen LogP contribution in [0, 0.1) is 0 Å². The quantitative estimate of drug-likeness (QED) is 0.210. The highest BCUT2D eigenvalue weighted by molar-refractivity contribution is 5.43. The molecule has 0 radical (unpaired) electrons. The van der Waals surface area contributed by atoms with E-state index in [1.165, 1.54) is 33.4 Å². The van der Waals surface area contributed by atoms with Crippen LogP contribution >= 0.6 is 0 Å². The van der Waals surface area contributed by atoms with Crippen molar-refractivity contribution in [3.63, 3.8) is 0 Å². The lowest BCUT2D eigenvalue weighted by Gasteiger charge is -2.49. The molecular weight excluding hydrogens is 500 g/mol. The first-order valence-electron chi connectivity index (χ1n) is 15.0. The third-order valence-electron chi connectivity index (χ3n) is 8.51. The summed E-state index contributed by atoms with van der Waals surface area (Å²) < 4.78 is 8.07. The minimum atomic E-state index is -0.682. The van der Waals surface area contributed by atoms with Gasteiger partial charge in [-0.1, -0.05) is 133 Å². The van der Waals surface area contributed by atoms with Gasteiger partial charge >= 0.3 is 0 Å². The molecule has 0 bridgehead atoms. The van der Waals surface area contributed by atoms with Crippen molar-refractivity contribution < 1.29 is 4.74 Å². The lowest BCUT2D eigenvalue weighted by Crippen LogP contribution is -2.50. The van der Waals surface area contributed by atoms with Gasteiger partial charge in [0, 0.05) is 25.9 Å². The number of benzene rings is 4. The molecule has 0 aliphatic carbocycles. The van der Waals surface area contributed by atoms with Crippen LogP contribution in [0.1, 0.15) is 35.1 Å². The van der Waals surface area contributed by atoms with Crippen molar-refractivity contribution in [2.45, 2.75) is 36.9 Å². The molecule has 41 heavy (non-hydrogen) atoms. The average molecular weight is 541 g/mol. The molecule has 208 valence electrons. The fourth-order valence-electron chi connectivity index (χ4n) is 6.50. The number of hydrogen-bond acceptors (Lipinski definition) is 3. The van der Waals surface area contributed by atoms with E-state index in [2.05, 4.69) is 144 Å². The summed E-state index contributed by atoms with van der Waals surface area (Å²) in [6.45, 7) is 3.58. The Balaban J connectivity index is 1.62. The Hall–Kier alpha value is -3.76. The maximum absolute atomic E-state index is 8.07. The van der Waals surface area contributed by atoms with Crippen molar-refractivity contribution in [3.05, 3.63) is 167 Å². The zero-order valence-electron chi connectivity index (χ0n) is 23.8. The normalized spacial score (nSPS) is 18.4. The van der Waals surface area contributed by atoms with E-state index in [4.69, 9.17) is 4.74 Å². The second-order valence-electron chi connectivity index (χ2n) is 11.2. The Morgan fingerprint density at radius 3 is 1.20 bits per heavy atom. The molecule has 2 unspecified atom stereocenters. The van der Waals surface area contributed by atoms with Crippen LogP contribution < -0.4 is 10.6 Å². The molecule has 3 nitrogen and oxygen atoms in total. The first-order chi connectivity index (χ1) is 20.3. The largest absolute Gasteiger partial charge is 0.350 e. The molecule has 2 aliphatic heterocycles. The summed E-state index contributed by atoms with van der Waals surface area (Å²) in [7, 11) is 0. The van der Waals surface area contributed by atoms with Crippen LogP contribution in [-0.2, 0) is 28.8 Å². The van der Waals surface area contributed by atoms with E-state index in [1.807, 2.05) is 0 Å². The summed E-state index contributed by atoms with van der Waals surface area (Å²) in [4.78, 5) is 0. The molecule has 4 aromatic carbocycles. The van der Waals surface area contributed by atoms with Crippen molar-refractivity contribution in [2.75, 3.05) is 26.2 Å². The van der Waals surface area contributed by atoms with Crippen LogP contribution in [0.15, 0.2) is 145 Å². The van der Waals surface area contributed by atoms with E-state index in [0.717, 1.165) is 51.9 Å². The van der Waals surface area contributed by atoms with Crippen LogP contribution in [0.2, 0.25) is 0 Å². The van der Waals surface area contributed by atoms with Gasteiger partial charge in [-0.05, 0) is 59.3 Å². The maximum Gasteiger partial charge on any atom is 0.121 e. The highest BCUT2D eigenvalue weighted by Gasteiger charge is 2.48. The lowest BCUT2D eigenvalue weighted by molar-refractivity contribution is -0.133. The molecule has 0 fully saturated rings. The molecule has 0 saturated carbocycles. The molecule has 0 spiro atoms. The zero-order valence-corrected chi connectivity index (χ0v) is 23.8. The van der Waals surface area contributed by atoms with Gasteiger partial charge in [0.05, 0.1) is 0 Å². The van der Waals surface area contributed by atoms with Crippen molar-refractivity contribution in [3.8, 4) is 0 Å². The molecule has 4 aromatic rings. The van der Waals surface area contributed by atoms with Crippen LogP contribution in [0.3, 0.4) is 0 Å². The van der Waals surface area contributed by atoms with Crippen molar-refractivity contribution in [1.82, 2.24) is 10.6 Å². The highest BCUT2D eigenvalue weighted by atomic mass is 16.5. The average Bonchev–Trinajstić information content (AvgIpc) is 3.06. The number of rotatable bonds is 10. The van der Waals surface area contributed by atoms with Crippen molar-refractivity contribution in [1.29, 1.82) is 0 Å². The van der Waals surface area contributed by atoms with Crippen LogP contribution in [0.25, 0.3) is 0 Å². The Morgan fingerprint density at radius 2 is 0.854 bits per heavy atom. The molecule has 2 atom stereocenters. The van der Waals surface area contributed by atoms with Gasteiger partial charge in [-0.2, -0.15) is 0 Å². The fourth-order valence-corrected chi connectivity index (χ4v) is 6.50. The first-order valence-corrected chi connectivity index (χ1v) is 15.0. The fraction of sp³-hybridized carbons (Fsp3) is 0.263. The molecule has 3 heteroatoms. The Kier molecular flexibility index (Phi) is 8.57. The topological polar surface area (TPSA) is 33.3 Å². The predicted octanol–water partition coefficient (Wildman–Crippen LogP) is 7.12. The number of ether oxygens (including phenoxy) is 1. The summed E-state index contributed by atoms with van der Waals surface area (Å²) in [5.74, 6) is 0. The number of nitrogens with one attached hydrogen (secondary N) is 2. The van der Waals surface area contributed by atoms with Crippen LogP contribution in [-0.4, -0.2) is 26.2 Å². The minimum Gasteiger partial charge on any atom is -0.350 e. The molecule has 2 N–H and O–H groups in total. The minimum absolute atomic E-state index is 0.682. The standard InChI is InChI=1S/C38H40N2O/c1-5-15-31(16-6-1)27-37(33-19-9-3-10-20-33,35-23-13-25-39-29-35)41-38(34-21-11-4-12-22-34,36-24-14-26-40-30-36)28-32-17-7-2-8-18-32/h1-12,15-24,39-40H,13-14,25-30H2. The highest BCUT2D eigenvalue weighted by Crippen LogP contribution is 2.49. The summed E-state index contributed by atoms with van der Waals surface area (Å²) in [5, 5.41) is 7.35. The molecule has 0 saturated heterocycles. The Labute approximate surface area is 245 Å². The summed E-state index contributed by atoms with van der Waals surface area (Å²) in [5.41, 5.74) is 6.15. The van der Waals surface area contributed by atoms with Gasteiger partial charge in [-0.3, -0.25) is 0 Å². The Morgan fingerprint density at radius 1 is 0.488 bits per heavy atom. The van der Waals surface area contributed by atoms with Crippen molar-refractivity contribution in [2.24, 2.45) is 0 Å². The predicted molar refractivity (Wildman–Crippen MR) is 169 cm³/mol. The SMILES string of the molecule is C1=C(C(Cc2ccccc2)(OC(Cc2ccccc2)(C2=CCCNC2)c2ccccc2)c2ccccc2)CNCC1. The van der Waals surface area contributed by atoms with Gasteiger partial charge in [0.15, 0.2) is 0 Å². The molecule has 2 heterocycles. The van der Waals surface area contributed by atoms with E-state index < -0.39 is 11.2 Å². The Bertz CT molecular complexity index is 1340. The van der Waals surface area contributed by atoms with Crippen LogP contribution in [0.5, 0.6) is 0 Å². The zero-order chi connectivity index (χ0) is 27.8. The van der Waals surface area contributed by atoms with Gasteiger partial charge in [-0.15, -0.1) is 0 Å². The second kappa shape index (κ2) is 12.8.